The van der Waals surface area contributed by atoms with E-state index in [9.17, 15) is 0 Å². The summed E-state index contributed by atoms with van der Waals surface area (Å²) < 4.78 is 1.25. The van der Waals surface area contributed by atoms with E-state index in [2.05, 4.69) is 41.8 Å². The van der Waals surface area contributed by atoms with Crippen molar-refractivity contribution in [2.45, 2.75) is 45.6 Å². The third kappa shape index (κ3) is 2.87. The highest BCUT2D eigenvalue weighted by molar-refractivity contribution is 14.1. The van der Waals surface area contributed by atoms with Gasteiger partial charge >= 0.3 is 0 Å². The maximum absolute atomic E-state index is 3.79. The monoisotopic (exact) mass is 321 g/mol. The normalized spacial score (nSPS) is 36.4. The molecule has 0 aromatic carbocycles. The van der Waals surface area contributed by atoms with Gasteiger partial charge in [0.2, 0.25) is 0 Å². The molecular formula is C13H24IN. The van der Waals surface area contributed by atoms with Crippen LogP contribution in [0.5, 0.6) is 0 Å². The Hall–Kier alpha value is 0.690. The van der Waals surface area contributed by atoms with Crippen molar-refractivity contribution in [2.24, 2.45) is 23.7 Å². The minimum Gasteiger partial charge on any atom is -0.313 e. The fourth-order valence-corrected chi connectivity index (χ4v) is 4.73. The Labute approximate surface area is 108 Å². The largest absolute Gasteiger partial charge is 0.313 e. The van der Waals surface area contributed by atoms with Gasteiger partial charge in [-0.25, -0.2) is 0 Å². The van der Waals surface area contributed by atoms with Gasteiger partial charge in [0.05, 0.1) is 0 Å². The molecule has 2 bridgehead atoms. The molecule has 0 amide bonds. The Balaban J connectivity index is 1.73. The molecule has 1 nitrogen and oxygen atoms in total. The van der Waals surface area contributed by atoms with Crippen LogP contribution in [0.25, 0.3) is 0 Å². The highest BCUT2D eigenvalue weighted by atomic mass is 127. The van der Waals surface area contributed by atoms with Gasteiger partial charge < -0.3 is 5.32 Å². The summed E-state index contributed by atoms with van der Waals surface area (Å²) in [5.41, 5.74) is 0. The van der Waals surface area contributed by atoms with Gasteiger partial charge in [-0.05, 0) is 49.5 Å². The first-order valence-electron chi connectivity index (χ1n) is 6.50. The highest BCUT2D eigenvalue weighted by Crippen LogP contribution is 2.47. The zero-order chi connectivity index (χ0) is 10.8. The minimum absolute atomic E-state index is 0.727. The molecule has 0 heterocycles. The number of hydrogen-bond acceptors (Lipinski definition) is 1. The predicted molar refractivity (Wildman–Crippen MR) is 74.5 cm³/mol. The average molecular weight is 321 g/mol. The maximum atomic E-state index is 3.79. The van der Waals surface area contributed by atoms with Gasteiger partial charge in [0.1, 0.15) is 0 Å². The molecule has 0 saturated heterocycles. The standard InChI is InChI=1S/C13H24IN/c1-9(2)13(7-14)15-8-12-6-10-3-4-11(12)5-10/h9-13,15H,3-8H2,1-2H3. The van der Waals surface area contributed by atoms with Crippen LogP contribution < -0.4 is 5.32 Å². The second kappa shape index (κ2) is 5.35. The van der Waals surface area contributed by atoms with E-state index in [1.165, 1.54) is 30.2 Å². The Morgan fingerprint density at radius 3 is 2.53 bits per heavy atom. The molecule has 1 N–H and O–H groups in total. The van der Waals surface area contributed by atoms with Crippen LogP contribution in [0, 0.1) is 23.7 Å². The van der Waals surface area contributed by atoms with Crippen molar-refractivity contribution in [1.82, 2.24) is 5.32 Å². The summed E-state index contributed by atoms with van der Waals surface area (Å²) >= 11 is 2.51. The first kappa shape index (κ1) is 12.2. The van der Waals surface area contributed by atoms with Gasteiger partial charge in [-0.2, -0.15) is 0 Å². The summed E-state index contributed by atoms with van der Waals surface area (Å²) in [6.45, 7) is 5.95. The maximum Gasteiger partial charge on any atom is 0.0180 e. The first-order chi connectivity index (χ1) is 7.20. The molecule has 0 aromatic heterocycles. The second-order valence-corrected chi connectivity index (χ2v) is 6.73. The molecule has 2 rings (SSSR count). The average Bonchev–Trinajstić information content (AvgIpc) is 2.79. The Kier molecular flexibility index (Phi) is 4.33. The molecule has 4 unspecified atom stereocenters. The van der Waals surface area contributed by atoms with E-state index in [4.69, 9.17) is 0 Å². The highest BCUT2D eigenvalue weighted by Gasteiger charge is 2.39. The van der Waals surface area contributed by atoms with E-state index in [0.29, 0.717) is 0 Å². The van der Waals surface area contributed by atoms with Gasteiger partial charge in [-0.1, -0.05) is 42.9 Å². The summed E-state index contributed by atoms with van der Waals surface area (Å²) in [5, 5.41) is 3.79. The molecule has 2 saturated carbocycles. The van der Waals surface area contributed by atoms with Gasteiger partial charge in [-0.3, -0.25) is 0 Å². The molecule has 88 valence electrons. The summed E-state index contributed by atoms with van der Waals surface area (Å²) in [6.07, 6.45) is 6.11. The zero-order valence-corrected chi connectivity index (χ0v) is 12.2. The smallest absolute Gasteiger partial charge is 0.0180 e. The molecule has 2 heteroatoms. The zero-order valence-electron chi connectivity index (χ0n) is 10.0. The van der Waals surface area contributed by atoms with Crippen molar-refractivity contribution in [1.29, 1.82) is 0 Å². The van der Waals surface area contributed by atoms with Crippen LogP contribution in [0.1, 0.15) is 39.5 Å². The number of halogens is 1. The summed E-state index contributed by atoms with van der Waals surface area (Å²) in [4.78, 5) is 0. The van der Waals surface area contributed by atoms with Crippen LogP contribution in [0.15, 0.2) is 0 Å². The predicted octanol–water partition coefficient (Wildman–Crippen LogP) is 3.47. The van der Waals surface area contributed by atoms with Crippen molar-refractivity contribution in [2.75, 3.05) is 11.0 Å². The second-order valence-electron chi connectivity index (χ2n) is 5.85. The van der Waals surface area contributed by atoms with Crippen LogP contribution in [0.3, 0.4) is 0 Å². The van der Waals surface area contributed by atoms with Crippen LogP contribution in [0.4, 0.5) is 0 Å². The molecule has 15 heavy (non-hydrogen) atoms. The number of hydrogen-bond donors (Lipinski definition) is 1. The molecule has 4 atom stereocenters. The van der Waals surface area contributed by atoms with Gasteiger partial charge in [0.15, 0.2) is 0 Å². The van der Waals surface area contributed by atoms with Gasteiger partial charge in [0.25, 0.3) is 0 Å². The molecule has 0 aromatic rings. The minimum atomic E-state index is 0.727. The van der Waals surface area contributed by atoms with Crippen molar-refractivity contribution >= 4 is 22.6 Å². The molecule has 2 aliphatic carbocycles. The van der Waals surface area contributed by atoms with Crippen LogP contribution >= 0.6 is 22.6 Å². The first-order valence-corrected chi connectivity index (χ1v) is 8.02. The van der Waals surface area contributed by atoms with E-state index in [0.717, 1.165) is 29.7 Å². The number of fused-ring (bicyclic) bond motifs is 2. The third-order valence-corrected chi connectivity index (χ3v) is 5.45. The van der Waals surface area contributed by atoms with Crippen molar-refractivity contribution in [3.8, 4) is 0 Å². The number of alkyl halides is 1. The van der Waals surface area contributed by atoms with Crippen LogP contribution in [-0.2, 0) is 0 Å². The van der Waals surface area contributed by atoms with E-state index >= 15 is 0 Å². The SMILES string of the molecule is CC(C)C(CI)NCC1CC2CCC1C2. The van der Waals surface area contributed by atoms with Crippen LogP contribution in [0.2, 0.25) is 0 Å². The lowest BCUT2D eigenvalue weighted by Crippen LogP contribution is -2.39. The summed E-state index contributed by atoms with van der Waals surface area (Å²) in [5.74, 6) is 3.96. The lowest BCUT2D eigenvalue weighted by atomic mass is 9.88. The number of nitrogens with one attached hydrogen (secondary N) is 1. The fraction of sp³-hybridized carbons (Fsp3) is 1.00. The third-order valence-electron chi connectivity index (χ3n) is 4.50. The van der Waals surface area contributed by atoms with Gasteiger partial charge in [0, 0.05) is 10.5 Å². The molecule has 0 spiro atoms. The molecule has 0 radical (unpaired) electrons. The van der Waals surface area contributed by atoms with Crippen molar-refractivity contribution in [3.63, 3.8) is 0 Å². The summed E-state index contributed by atoms with van der Waals surface area (Å²) in [7, 11) is 0. The Morgan fingerprint density at radius 1 is 1.27 bits per heavy atom. The lowest BCUT2D eigenvalue weighted by Gasteiger charge is -2.26. The molecular weight excluding hydrogens is 297 g/mol. The Morgan fingerprint density at radius 2 is 2.07 bits per heavy atom. The van der Waals surface area contributed by atoms with Gasteiger partial charge in [-0.15, -0.1) is 0 Å². The van der Waals surface area contributed by atoms with E-state index in [1.807, 2.05) is 0 Å². The molecule has 2 aliphatic rings. The topological polar surface area (TPSA) is 12.0 Å². The van der Waals surface area contributed by atoms with E-state index in [-0.39, 0.29) is 0 Å². The Bertz CT molecular complexity index is 205. The number of rotatable bonds is 5. The van der Waals surface area contributed by atoms with Crippen molar-refractivity contribution < 1.29 is 0 Å². The van der Waals surface area contributed by atoms with E-state index < -0.39 is 0 Å². The fourth-order valence-electron chi connectivity index (χ4n) is 3.40. The summed E-state index contributed by atoms with van der Waals surface area (Å²) in [6, 6.07) is 0.727. The molecule has 2 fully saturated rings. The van der Waals surface area contributed by atoms with E-state index in [1.54, 1.807) is 6.42 Å². The molecule has 0 aliphatic heterocycles. The quantitative estimate of drug-likeness (QED) is 0.604. The lowest BCUT2D eigenvalue weighted by molar-refractivity contribution is 0.296. The van der Waals surface area contributed by atoms with Crippen LogP contribution in [-0.4, -0.2) is 17.0 Å². The van der Waals surface area contributed by atoms with Crippen molar-refractivity contribution in [3.05, 3.63) is 0 Å².